The Morgan fingerprint density at radius 3 is 2.18 bits per heavy atom. The third kappa shape index (κ3) is 1.55. The molecule has 2 aliphatic heterocycles. The van der Waals surface area contributed by atoms with E-state index in [9.17, 15) is 0 Å². The van der Waals surface area contributed by atoms with Crippen molar-refractivity contribution < 1.29 is 9.47 Å². The van der Waals surface area contributed by atoms with E-state index in [1.807, 2.05) is 0 Å². The number of hydrogen-bond acceptors (Lipinski definition) is 2. The van der Waals surface area contributed by atoms with Crippen molar-refractivity contribution in [3.05, 3.63) is 0 Å². The van der Waals surface area contributed by atoms with E-state index < -0.39 is 0 Å². The first-order valence-electron chi connectivity index (χ1n) is 4.18. The fourth-order valence-corrected chi connectivity index (χ4v) is 3.20. The molecule has 3 heteroatoms. The number of rotatable bonds is 0. The number of hydrogen-bond donors (Lipinski definition) is 0. The molecular formula is C8H15O2S+. The summed E-state index contributed by atoms with van der Waals surface area (Å²) in [7, 11) is 0.628. The summed E-state index contributed by atoms with van der Waals surface area (Å²) >= 11 is 0. The van der Waals surface area contributed by atoms with Crippen LogP contribution < -0.4 is 0 Å². The van der Waals surface area contributed by atoms with Crippen LogP contribution in [-0.2, 0) is 20.4 Å². The Kier molecular flexibility index (Phi) is 2.12. The van der Waals surface area contributed by atoms with Crippen molar-refractivity contribution in [2.75, 3.05) is 31.0 Å². The molecule has 2 fully saturated rings. The zero-order valence-corrected chi connectivity index (χ0v) is 7.78. The fraction of sp³-hybridized carbons (Fsp3) is 1.00. The Morgan fingerprint density at radius 1 is 1.09 bits per heavy atom. The van der Waals surface area contributed by atoms with Crippen LogP contribution in [0.4, 0.5) is 0 Å². The predicted octanol–water partition coefficient (Wildman–Crippen LogP) is 0.771. The van der Waals surface area contributed by atoms with Crippen LogP contribution in [0.15, 0.2) is 0 Å². The van der Waals surface area contributed by atoms with Gasteiger partial charge in [0, 0.05) is 12.8 Å². The summed E-state index contributed by atoms with van der Waals surface area (Å²) in [5.74, 6) is 2.44. The minimum atomic E-state index is -0.139. The maximum Gasteiger partial charge on any atom is 0.177 e. The molecule has 2 saturated heterocycles. The molecule has 0 N–H and O–H groups in total. The zero-order chi connectivity index (χ0) is 7.73. The number of ether oxygens (including phenoxy) is 2. The molecule has 2 heterocycles. The van der Waals surface area contributed by atoms with Gasteiger partial charge in [-0.2, -0.15) is 0 Å². The normalized spacial score (nSPS) is 31.4. The molecule has 0 aromatic carbocycles. The fourth-order valence-electron chi connectivity index (χ4n) is 1.67. The summed E-state index contributed by atoms with van der Waals surface area (Å²) in [4.78, 5) is 0. The van der Waals surface area contributed by atoms with Crippen molar-refractivity contribution in [3.8, 4) is 0 Å². The quantitative estimate of drug-likeness (QED) is 0.506. The van der Waals surface area contributed by atoms with Crippen LogP contribution in [0, 0.1) is 0 Å². The molecule has 0 aliphatic carbocycles. The lowest BCUT2D eigenvalue weighted by atomic mass is 10.1. The van der Waals surface area contributed by atoms with Crippen molar-refractivity contribution in [2.24, 2.45) is 0 Å². The van der Waals surface area contributed by atoms with Gasteiger partial charge >= 0.3 is 0 Å². The monoisotopic (exact) mass is 175 g/mol. The van der Waals surface area contributed by atoms with Gasteiger partial charge in [-0.3, -0.25) is 0 Å². The van der Waals surface area contributed by atoms with Crippen LogP contribution >= 0.6 is 0 Å². The topological polar surface area (TPSA) is 18.5 Å². The summed E-state index contributed by atoms with van der Waals surface area (Å²) in [6.07, 6.45) is 4.57. The molecule has 11 heavy (non-hydrogen) atoms. The Morgan fingerprint density at radius 2 is 1.64 bits per heavy atom. The van der Waals surface area contributed by atoms with Crippen molar-refractivity contribution in [1.82, 2.24) is 0 Å². The Hall–Kier alpha value is 0.270. The largest absolute Gasteiger partial charge is 0.347 e. The van der Waals surface area contributed by atoms with Gasteiger partial charge < -0.3 is 9.47 Å². The molecule has 0 bridgehead atoms. The molecule has 2 aliphatic rings. The predicted molar refractivity (Wildman–Crippen MR) is 46.9 cm³/mol. The minimum absolute atomic E-state index is 0.139. The highest BCUT2D eigenvalue weighted by molar-refractivity contribution is 7.96. The van der Waals surface area contributed by atoms with Gasteiger partial charge in [0.2, 0.25) is 0 Å². The average Bonchev–Trinajstić information content (AvgIpc) is 2.45. The van der Waals surface area contributed by atoms with Crippen molar-refractivity contribution in [2.45, 2.75) is 18.6 Å². The van der Waals surface area contributed by atoms with E-state index in [1.165, 1.54) is 11.5 Å². The lowest BCUT2D eigenvalue weighted by Crippen LogP contribution is -2.39. The molecule has 2 nitrogen and oxygen atoms in total. The van der Waals surface area contributed by atoms with E-state index in [0.717, 1.165) is 26.1 Å². The lowest BCUT2D eigenvalue weighted by Gasteiger charge is -2.29. The third-order valence-corrected chi connectivity index (χ3v) is 4.28. The van der Waals surface area contributed by atoms with E-state index in [4.69, 9.17) is 9.47 Å². The molecule has 0 radical (unpaired) electrons. The highest BCUT2D eigenvalue weighted by Gasteiger charge is 2.42. The first-order valence-corrected chi connectivity index (χ1v) is 6.15. The summed E-state index contributed by atoms with van der Waals surface area (Å²) in [5, 5.41) is 0. The summed E-state index contributed by atoms with van der Waals surface area (Å²) in [6.45, 7) is 1.61. The van der Waals surface area contributed by atoms with Crippen LogP contribution in [-0.4, -0.2) is 36.8 Å². The maximum absolute atomic E-state index is 5.61. The van der Waals surface area contributed by atoms with Gasteiger partial charge in [0.05, 0.1) is 19.5 Å². The molecule has 0 atom stereocenters. The Balaban J connectivity index is 1.94. The molecule has 0 amide bonds. The Bertz CT molecular complexity index is 133. The molecule has 2 rings (SSSR count). The van der Waals surface area contributed by atoms with Crippen LogP contribution in [0.1, 0.15) is 12.8 Å². The SMILES string of the molecule is C[S+]1CCC2(CC1)OCCO2. The van der Waals surface area contributed by atoms with Crippen molar-refractivity contribution >= 4 is 10.9 Å². The van der Waals surface area contributed by atoms with Crippen LogP contribution in [0.5, 0.6) is 0 Å². The minimum Gasteiger partial charge on any atom is -0.347 e. The van der Waals surface area contributed by atoms with E-state index in [-0.39, 0.29) is 5.79 Å². The van der Waals surface area contributed by atoms with E-state index >= 15 is 0 Å². The van der Waals surface area contributed by atoms with Gasteiger partial charge in [-0.05, 0) is 10.9 Å². The van der Waals surface area contributed by atoms with Gasteiger partial charge in [-0.25, -0.2) is 0 Å². The summed E-state index contributed by atoms with van der Waals surface area (Å²) in [5.41, 5.74) is 0. The van der Waals surface area contributed by atoms with Crippen molar-refractivity contribution in [1.29, 1.82) is 0 Å². The smallest absolute Gasteiger partial charge is 0.177 e. The Labute approximate surface area is 70.6 Å². The van der Waals surface area contributed by atoms with E-state index in [0.29, 0.717) is 10.9 Å². The molecule has 1 spiro atoms. The lowest BCUT2D eigenvalue weighted by molar-refractivity contribution is -0.160. The van der Waals surface area contributed by atoms with Gasteiger partial charge in [-0.1, -0.05) is 0 Å². The third-order valence-electron chi connectivity index (χ3n) is 2.48. The zero-order valence-electron chi connectivity index (χ0n) is 6.97. The second kappa shape index (κ2) is 2.96. The van der Waals surface area contributed by atoms with Crippen molar-refractivity contribution in [3.63, 3.8) is 0 Å². The van der Waals surface area contributed by atoms with Gasteiger partial charge in [-0.15, -0.1) is 0 Å². The van der Waals surface area contributed by atoms with Gasteiger partial charge in [0.15, 0.2) is 5.79 Å². The highest BCUT2D eigenvalue weighted by Crippen LogP contribution is 2.32. The van der Waals surface area contributed by atoms with E-state index in [1.54, 1.807) is 0 Å². The van der Waals surface area contributed by atoms with E-state index in [2.05, 4.69) is 6.26 Å². The molecule has 0 saturated carbocycles. The van der Waals surface area contributed by atoms with Crippen LogP contribution in [0.3, 0.4) is 0 Å². The molecule has 0 unspecified atom stereocenters. The second-order valence-corrected chi connectivity index (χ2v) is 5.68. The average molecular weight is 175 g/mol. The van der Waals surface area contributed by atoms with Crippen LogP contribution in [0.25, 0.3) is 0 Å². The summed E-state index contributed by atoms with van der Waals surface area (Å²) in [6, 6.07) is 0. The summed E-state index contributed by atoms with van der Waals surface area (Å²) < 4.78 is 11.2. The van der Waals surface area contributed by atoms with Crippen LogP contribution in [0.2, 0.25) is 0 Å². The second-order valence-electron chi connectivity index (χ2n) is 3.30. The highest BCUT2D eigenvalue weighted by atomic mass is 32.2. The molecule has 0 aromatic rings. The first-order chi connectivity index (χ1) is 5.31. The standard InChI is InChI=1S/C8H15O2S/c1-11-6-2-8(3-7-11)9-4-5-10-8/h2-7H2,1H3/q+1. The molecule has 0 aromatic heterocycles. The first kappa shape index (κ1) is 7.90. The maximum atomic E-state index is 5.61. The van der Waals surface area contributed by atoms with Gasteiger partial charge in [0.1, 0.15) is 11.5 Å². The molecular weight excluding hydrogens is 160 g/mol. The van der Waals surface area contributed by atoms with Gasteiger partial charge in [0.25, 0.3) is 0 Å². The molecule has 64 valence electrons.